The number of fused-ring (bicyclic) bond motifs is 1. The summed E-state index contributed by atoms with van der Waals surface area (Å²) in [7, 11) is 0. The Morgan fingerprint density at radius 3 is 2.50 bits per heavy atom. The highest BCUT2D eigenvalue weighted by atomic mass is 19.4. The number of hydrogen-bond acceptors (Lipinski definition) is 8. The Morgan fingerprint density at radius 1 is 1.06 bits per heavy atom. The molecule has 1 saturated heterocycles. The van der Waals surface area contributed by atoms with E-state index in [1.807, 2.05) is 4.57 Å². The topological polar surface area (TPSA) is 112 Å². The number of halogens is 3. The Hall–Kier alpha value is -3.12. The van der Waals surface area contributed by atoms with Crippen molar-refractivity contribution in [3.8, 4) is 5.75 Å². The summed E-state index contributed by atoms with van der Waals surface area (Å²) < 4.78 is 48.9. The van der Waals surface area contributed by atoms with Crippen LogP contribution in [-0.4, -0.2) is 51.2 Å². The first kappa shape index (κ1) is 22.7. The van der Waals surface area contributed by atoms with Gasteiger partial charge >= 0.3 is 6.36 Å². The van der Waals surface area contributed by atoms with Crippen molar-refractivity contribution >= 4 is 28.6 Å². The van der Waals surface area contributed by atoms with E-state index in [0.29, 0.717) is 41.8 Å². The fourth-order valence-corrected chi connectivity index (χ4v) is 4.40. The molecule has 0 radical (unpaired) electrons. The van der Waals surface area contributed by atoms with E-state index in [9.17, 15) is 13.2 Å². The smallest absolute Gasteiger partial charge is 0.406 e. The van der Waals surface area contributed by atoms with Crippen molar-refractivity contribution in [1.29, 1.82) is 0 Å². The van der Waals surface area contributed by atoms with Gasteiger partial charge in [-0.2, -0.15) is 9.97 Å². The van der Waals surface area contributed by atoms with Gasteiger partial charge in [-0.05, 0) is 56.4 Å². The number of rotatable bonds is 6. The third-order valence-electron chi connectivity index (χ3n) is 6.18. The molecule has 1 atom stereocenters. The number of alkyl halides is 3. The lowest BCUT2D eigenvalue weighted by Gasteiger charge is -2.27. The number of ether oxygens (including phenoxy) is 2. The standard InChI is InChI=1S/C22H26F3N7O2/c23-22(24,25)34-17-7-5-14(6-8-17)28-19-18-20(32(12-27-18)16-9-10-33-11-16)31-21(30-19)29-15-3-1-13(26)2-4-15/h5-8,12-13,15-16H,1-4,9-11,26H2,(H2,28,29,30,31)/t13-,15-,16?. The van der Waals surface area contributed by atoms with Crippen LogP contribution in [0.2, 0.25) is 0 Å². The zero-order valence-corrected chi connectivity index (χ0v) is 18.4. The molecule has 1 saturated carbocycles. The van der Waals surface area contributed by atoms with Gasteiger partial charge in [-0.3, -0.25) is 0 Å². The molecule has 3 aromatic rings. The molecule has 0 bridgehead atoms. The van der Waals surface area contributed by atoms with E-state index in [0.717, 1.165) is 32.1 Å². The first-order valence-corrected chi connectivity index (χ1v) is 11.3. The number of nitrogens with zero attached hydrogens (tertiary/aromatic N) is 4. The number of aromatic nitrogens is 4. The van der Waals surface area contributed by atoms with Gasteiger partial charge in [-0.1, -0.05) is 0 Å². The van der Waals surface area contributed by atoms with Gasteiger partial charge in [-0.15, -0.1) is 13.2 Å². The lowest BCUT2D eigenvalue weighted by atomic mass is 9.92. The average molecular weight is 477 g/mol. The molecule has 182 valence electrons. The second-order valence-electron chi connectivity index (χ2n) is 8.69. The second kappa shape index (κ2) is 9.26. The van der Waals surface area contributed by atoms with Crippen LogP contribution < -0.4 is 21.1 Å². The van der Waals surface area contributed by atoms with Crippen molar-refractivity contribution in [1.82, 2.24) is 19.5 Å². The van der Waals surface area contributed by atoms with Crippen LogP contribution in [0.5, 0.6) is 5.75 Å². The van der Waals surface area contributed by atoms with Crippen LogP contribution in [0.1, 0.15) is 38.1 Å². The monoisotopic (exact) mass is 477 g/mol. The quantitative estimate of drug-likeness (QED) is 0.486. The summed E-state index contributed by atoms with van der Waals surface area (Å²) in [6, 6.07) is 6.05. The number of anilines is 3. The van der Waals surface area contributed by atoms with Gasteiger partial charge in [0.1, 0.15) is 5.75 Å². The van der Waals surface area contributed by atoms with E-state index in [4.69, 9.17) is 15.5 Å². The van der Waals surface area contributed by atoms with Gasteiger partial charge in [0.05, 0.1) is 19.0 Å². The minimum Gasteiger partial charge on any atom is -0.406 e. The van der Waals surface area contributed by atoms with Crippen molar-refractivity contribution in [2.75, 3.05) is 23.8 Å². The molecule has 2 aromatic heterocycles. The van der Waals surface area contributed by atoms with Crippen LogP contribution in [0.15, 0.2) is 30.6 Å². The second-order valence-corrected chi connectivity index (χ2v) is 8.69. The molecule has 5 rings (SSSR count). The van der Waals surface area contributed by atoms with E-state index in [-0.39, 0.29) is 23.9 Å². The summed E-state index contributed by atoms with van der Waals surface area (Å²) in [5.41, 5.74) is 7.81. The van der Waals surface area contributed by atoms with Crippen molar-refractivity contribution in [2.45, 2.75) is 56.6 Å². The molecule has 12 heteroatoms. The van der Waals surface area contributed by atoms with Gasteiger partial charge in [0.15, 0.2) is 17.0 Å². The minimum atomic E-state index is -4.74. The SMILES string of the molecule is N[C@H]1CC[C@H](Nc2nc(Nc3ccc(OC(F)(F)F)cc3)c3ncn(C4CCOC4)c3n2)CC1. The number of hydrogen-bond donors (Lipinski definition) is 3. The number of nitrogens with two attached hydrogens (primary N) is 1. The third-order valence-corrected chi connectivity index (χ3v) is 6.18. The molecule has 1 unspecified atom stereocenters. The zero-order valence-electron chi connectivity index (χ0n) is 18.4. The van der Waals surface area contributed by atoms with Crippen LogP contribution in [0.3, 0.4) is 0 Å². The average Bonchev–Trinajstić information content (AvgIpc) is 3.46. The molecule has 2 fully saturated rings. The molecule has 1 aliphatic heterocycles. The lowest BCUT2D eigenvalue weighted by molar-refractivity contribution is -0.274. The van der Waals surface area contributed by atoms with Crippen LogP contribution >= 0.6 is 0 Å². The first-order chi connectivity index (χ1) is 16.3. The number of imidazole rings is 1. The van der Waals surface area contributed by atoms with Gasteiger partial charge in [0, 0.05) is 24.4 Å². The molecule has 34 heavy (non-hydrogen) atoms. The number of nitrogens with one attached hydrogen (secondary N) is 2. The summed E-state index contributed by atoms with van der Waals surface area (Å²) in [5.74, 6) is 0.629. The number of benzene rings is 1. The molecule has 9 nitrogen and oxygen atoms in total. The van der Waals surface area contributed by atoms with Gasteiger partial charge in [0.2, 0.25) is 5.95 Å². The Balaban J connectivity index is 1.44. The molecular weight excluding hydrogens is 451 g/mol. The molecule has 4 N–H and O–H groups in total. The van der Waals surface area contributed by atoms with Crippen LogP contribution in [0, 0.1) is 0 Å². The van der Waals surface area contributed by atoms with E-state index in [2.05, 4.69) is 25.3 Å². The maximum absolute atomic E-state index is 12.5. The van der Waals surface area contributed by atoms with Crippen LogP contribution in [-0.2, 0) is 4.74 Å². The molecule has 2 aliphatic rings. The summed E-state index contributed by atoms with van der Waals surface area (Å²) in [5, 5.41) is 6.60. The highest BCUT2D eigenvalue weighted by Crippen LogP contribution is 2.31. The molecule has 1 aromatic carbocycles. The third kappa shape index (κ3) is 5.17. The highest BCUT2D eigenvalue weighted by molar-refractivity contribution is 5.86. The summed E-state index contributed by atoms with van der Waals surface area (Å²) >= 11 is 0. The van der Waals surface area contributed by atoms with Gasteiger partial charge in [-0.25, -0.2) is 4.98 Å². The van der Waals surface area contributed by atoms with E-state index < -0.39 is 6.36 Å². The normalized spacial score (nSPS) is 23.2. The van der Waals surface area contributed by atoms with Crippen molar-refractivity contribution < 1.29 is 22.6 Å². The molecule has 1 aliphatic carbocycles. The fraction of sp³-hybridized carbons (Fsp3) is 0.500. The summed E-state index contributed by atoms with van der Waals surface area (Å²) in [6.45, 7) is 1.27. The van der Waals surface area contributed by atoms with E-state index in [1.165, 1.54) is 24.3 Å². The Bertz CT molecular complexity index is 1120. The molecule has 3 heterocycles. The zero-order chi connectivity index (χ0) is 23.7. The summed E-state index contributed by atoms with van der Waals surface area (Å²) in [4.78, 5) is 13.9. The predicted octanol–water partition coefficient (Wildman–Crippen LogP) is 4.11. The van der Waals surface area contributed by atoms with E-state index in [1.54, 1.807) is 6.33 Å². The maximum atomic E-state index is 12.5. The minimum absolute atomic E-state index is 0.132. The van der Waals surface area contributed by atoms with Crippen molar-refractivity contribution in [2.24, 2.45) is 5.73 Å². The Kier molecular flexibility index (Phi) is 6.17. The van der Waals surface area contributed by atoms with Crippen LogP contribution in [0.25, 0.3) is 11.2 Å². The van der Waals surface area contributed by atoms with Crippen LogP contribution in [0.4, 0.5) is 30.6 Å². The van der Waals surface area contributed by atoms with Crippen molar-refractivity contribution in [3.05, 3.63) is 30.6 Å². The molecule has 0 spiro atoms. The van der Waals surface area contributed by atoms with E-state index >= 15 is 0 Å². The highest BCUT2D eigenvalue weighted by Gasteiger charge is 2.31. The van der Waals surface area contributed by atoms with Crippen molar-refractivity contribution in [3.63, 3.8) is 0 Å². The van der Waals surface area contributed by atoms with Gasteiger partial charge < -0.3 is 30.4 Å². The predicted molar refractivity (Wildman–Crippen MR) is 120 cm³/mol. The molecule has 0 amide bonds. The molecular formula is C22H26F3N7O2. The lowest BCUT2D eigenvalue weighted by Crippen LogP contribution is -2.33. The largest absolute Gasteiger partial charge is 0.573 e. The summed E-state index contributed by atoms with van der Waals surface area (Å²) in [6.07, 6.45) is 1.59. The first-order valence-electron chi connectivity index (χ1n) is 11.3. The Labute approximate surface area is 193 Å². The fourth-order valence-electron chi connectivity index (χ4n) is 4.40. The Morgan fingerprint density at radius 2 is 1.82 bits per heavy atom. The maximum Gasteiger partial charge on any atom is 0.573 e. The van der Waals surface area contributed by atoms with Gasteiger partial charge in [0.25, 0.3) is 0 Å².